The number of nitrogens with two attached hydrogens (primary N) is 1. The van der Waals surface area contributed by atoms with Gasteiger partial charge in [0.25, 0.3) is 0 Å². The van der Waals surface area contributed by atoms with Gasteiger partial charge in [-0.1, -0.05) is 19.1 Å². The molecule has 0 saturated carbocycles. The first kappa shape index (κ1) is 16.2. The van der Waals surface area contributed by atoms with E-state index in [0.717, 1.165) is 17.5 Å². The Hall–Kier alpha value is -1.14. The molecular weight excluding hydrogens is 380 g/mol. The predicted octanol–water partition coefficient (Wildman–Crippen LogP) is 4.29. The summed E-state index contributed by atoms with van der Waals surface area (Å²) < 4.78 is 20.4. The van der Waals surface area contributed by atoms with E-state index in [0.29, 0.717) is 18.8 Å². The molecule has 0 heterocycles. The van der Waals surface area contributed by atoms with Crippen molar-refractivity contribution in [3.63, 3.8) is 0 Å². The van der Waals surface area contributed by atoms with E-state index in [9.17, 15) is 4.39 Å². The van der Waals surface area contributed by atoms with Gasteiger partial charge in [0.1, 0.15) is 18.2 Å². The maximum atomic E-state index is 13.4. The van der Waals surface area contributed by atoms with Crippen molar-refractivity contribution < 1.29 is 9.13 Å². The van der Waals surface area contributed by atoms with Crippen LogP contribution >= 0.6 is 22.6 Å². The molecule has 4 heteroatoms. The zero-order valence-electron chi connectivity index (χ0n) is 12.0. The molecule has 0 aliphatic heterocycles. The highest BCUT2D eigenvalue weighted by Crippen LogP contribution is 2.23. The zero-order valence-corrected chi connectivity index (χ0v) is 14.1. The van der Waals surface area contributed by atoms with Gasteiger partial charge in [0.2, 0.25) is 0 Å². The quantitative estimate of drug-likeness (QED) is 0.736. The molecule has 2 N–H and O–H groups in total. The van der Waals surface area contributed by atoms with Crippen LogP contribution in [0.4, 0.5) is 4.39 Å². The van der Waals surface area contributed by atoms with Gasteiger partial charge in [-0.05, 0) is 76.9 Å². The van der Waals surface area contributed by atoms with Crippen molar-refractivity contribution in [1.82, 2.24) is 0 Å². The van der Waals surface area contributed by atoms with Crippen LogP contribution in [-0.2, 0) is 13.0 Å². The summed E-state index contributed by atoms with van der Waals surface area (Å²) >= 11 is 2.27. The minimum absolute atomic E-state index is 0.0208. The molecule has 0 saturated heterocycles. The molecule has 0 amide bonds. The third-order valence-electron chi connectivity index (χ3n) is 3.34. The van der Waals surface area contributed by atoms with Crippen molar-refractivity contribution in [2.45, 2.75) is 32.4 Å². The lowest BCUT2D eigenvalue weighted by molar-refractivity contribution is 0.301. The molecule has 1 unspecified atom stereocenters. The smallest absolute Gasteiger partial charge is 0.123 e. The van der Waals surface area contributed by atoms with Gasteiger partial charge < -0.3 is 10.5 Å². The number of ether oxygens (including phenoxy) is 1. The van der Waals surface area contributed by atoms with Crippen LogP contribution in [0.15, 0.2) is 42.5 Å². The third-order valence-corrected chi connectivity index (χ3v) is 4.06. The fraction of sp³-hybridized carbons (Fsp3) is 0.294. The highest BCUT2D eigenvalue weighted by atomic mass is 127. The fourth-order valence-corrected chi connectivity index (χ4v) is 2.38. The van der Waals surface area contributed by atoms with Crippen LogP contribution in [0.2, 0.25) is 0 Å². The maximum absolute atomic E-state index is 13.4. The highest BCUT2D eigenvalue weighted by Gasteiger charge is 2.09. The van der Waals surface area contributed by atoms with Crippen LogP contribution in [0, 0.1) is 9.39 Å². The Morgan fingerprint density at radius 2 is 1.90 bits per heavy atom. The van der Waals surface area contributed by atoms with Crippen molar-refractivity contribution in [3.05, 3.63) is 63.0 Å². The van der Waals surface area contributed by atoms with Crippen molar-refractivity contribution >= 4 is 22.6 Å². The Labute approximate surface area is 138 Å². The predicted molar refractivity (Wildman–Crippen MR) is 91.9 cm³/mol. The topological polar surface area (TPSA) is 35.2 Å². The lowest BCUT2D eigenvalue weighted by atomic mass is 10.0. The van der Waals surface area contributed by atoms with Crippen LogP contribution in [0.3, 0.4) is 0 Å². The maximum Gasteiger partial charge on any atom is 0.123 e. The van der Waals surface area contributed by atoms with Gasteiger partial charge in [0.15, 0.2) is 0 Å². The molecule has 112 valence electrons. The first-order chi connectivity index (χ1) is 10.1. The largest absolute Gasteiger partial charge is 0.489 e. The average molecular weight is 399 g/mol. The molecule has 2 aromatic carbocycles. The molecule has 0 spiro atoms. The van der Waals surface area contributed by atoms with Gasteiger partial charge in [-0.3, -0.25) is 0 Å². The van der Waals surface area contributed by atoms with E-state index in [1.165, 1.54) is 15.7 Å². The van der Waals surface area contributed by atoms with E-state index < -0.39 is 0 Å². The second-order valence-electron chi connectivity index (χ2n) is 5.04. The lowest BCUT2D eigenvalue weighted by Crippen LogP contribution is -2.21. The Morgan fingerprint density at radius 1 is 1.19 bits per heavy atom. The van der Waals surface area contributed by atoms with Gasteiger partial charge in [0, 0.05) is 9.61 Å². The van der Waals surface area contributed by atoms with Gasteiger partial charge >= 0.3 is 0 Å². The first-order valence-electron chi connectivity index (χ1n) is 6.99. The SMILES string of the molecule is CCC(N)Cc1cc(F)ccc1OCc1ccc(I)cc1. The Morgan fingerprint density at radius 3 is 2.57 bits per heavy atom. The van der Waals surface area contributed by atoms with E-state index in [-0.39, 0.29) is 11.9 Å². The first-order valence-corrected chi connectivity index (χ1v) is 8.07. The molecule has 2 nitrogen and oxygen atoms in total. The van der Waals surface area contributed by atoms with Gasteiger partial charge in [-0.25, -0.2) is 4.39 Å². The molecule has 2 rings (SSSR count). The molecule has 0 aliphatic carbocycles. The Balaban J connectivity index is 2.09. The fourth-order valence-electron chi connectivity index (χ4n) is 2.02. The van der Waals surface area contributed by atoms with E-state index in [2.05, 4.69) is 22.6 Å². The van der Waals surface area contributed by atoms with E-state index in [1.807, 2.05) is 31.2 Å². The van der Waals surface area contributed by atoms with E-state index in [4.69, 9.17) is 10.5 Å². The van der Waals surface area contributed by atoms with Crippen LogP contribution in [0.5, 0.6) is 5.75 Å². The summed E-state index contributed by atoms with van der Waals surface area (Å²) in [6.07, 6.45) is 1.48. The monoisotopic (exact) mass is 399 g/mol. The highest BCUT2D eigenvalue weighted by molar-refractivity contribution is 14.1. The van der Waals surface area contributed by atoms with Gasteiger partial charge in [-0.2, -0.15) is 0 Å². The molecule has 0 aromatic heterocycles. The molecule has 21 heavy (non-hydrogen) atoms. The number of rotatable bonds is 6. The molecule has 0 bridgehead atoms. The number of halogens is 2. The Bertz CT molecular complexity index is 586. The van der Waals surface area contributed by atoms with Gasteiger partial charge in [-0.15, -0.1) is 0 Å². The van der Waals surface area contributed by atoms with Crippen LogP contribution in [-0.4, -0.2) is 6.04 Å². The lowest BCUT2D eigenvalue weighted by Gasteiger charge is -2.14. The Kier molecular flexibility index (Phi) is 5.99. The summed E-state index contributed by atoms with van der Waals surface area (Å²) in [6, 6.07) is 12.8. The minimum atomic E-state index is -0.255. The normalized spacial score (nSPS) is 12.2. The number of hydrogen-bond donors (Lipinski definition) is 1. The molecule has 0 fully saturated rings. The number of benzene rings is 2. The zero-order chi connectivity index (χ0) is 15.2. The molecule has 2 aromatic rings. The van der Waals surface area contributed by atoms with E-state index >= 15 is 0 Å². The second kappa shape index (κ2) is 7.75. The molecule has 1 atom stereocenters. The van der Waals surface area contributed by atoms with Gasteiger partial charge in [0.05, 0.1) is 0 Å². The van der Waals surface area contributed by atoms with Crippen molar-refractivity contribution in [2.75, 3.05) is 0 Å². The molecular formula is C17H19FINO. The van der Waals surface area contributed by atoms with Crippen LogP contribution in [0.25, 0.3) is 0 Å². The summed E-state index contributed by atoms with van der Waals surface area (Å²) in [5.41, 5.74) is 7.89. The average Bonchev–Trinajstić information content (AvgIpc) is 2.48. The second-order valence-corrected chi connectivity index (χ2v) is 6.29. The van der Waals surface area contributed by atoms with Crippen LogP contribution < -0.4 is 10.5 Å². The van der Waals surface area contributed by atoms with Crippen LogP contribution in [0.1, 0.15) is 24.5 Å². The van der Waals surface area contributed by atoms with Crippen molar-refractivity contribution in [2.24, 2.45) is 5.73 Å². The third kappa shape index (κ3) is 4.97. The number of hydrogen-bond acceptors (Lipinski definition) is 2. The van der Waals surface area contributed by atoms with Crippen molar-refractivity contribution in [3.8, 4) is 5.75 Å². The summed E-state index contributed by atoms with van der Waals surface area (Å²) in [4.78, 5) is 0. The van der Waals surface area contributed by atoms with E-state index in [1.54, 1.807) is 6.07 Å². The molecule has 0 radical (unpaired) electrons. The molecule has 0 aliphatic rings. The standard InChI is InChI=1S/C17H19FINO/c1-2-16(20)10-13-9-14(18)5-8-17(13)21-11-12-3-6-15(19)7-4-12/h3-9,16H,2,10-11,20H2,1H3. The summed E-state index contributed by atoms with van der Waals surface area (Å²) in [6.45, 7) is 2.49. The summed E-state index contributed by atoms with van der Waals surface area (Å²) in [7, 11) is 0. The summed E-state index contributed by atoms with van der Waals surface area (Å²) in [5.74, 6) is 0.453. The minimum Gasteiger partial charge on any atom is -0.489 e. The van der Waals surface area contributed by atoms with Crippen molar-refractivity contribution in [1.29, 1.82) is 0 Å². The summed E-state index contributed by atoms with van der Waals surface area (Å²) in [5, 5.41) is 0.